The molecular formula is C22H29N3O5S. The highest BCUT2D eigenvalue weighted by atomic mass is 32.2. The van der Waals surface area contributed by atoms with Crippen LogP contribution >= 0.6 is 0 Å². The van der Waals surface area contributed by atoms with Crippen molar-refractivity contribution in [2.45, 2.75) is 31.3 Å². The van der Waals surface area contributed by atoms with Gasteiger partial charge in [-0.05, 0) is 37.4 Å². The molecule has 0 saturated heterocycles. The molecule has 0 aliphatic carbocycles. The SMILES string of the molecule is CN[C@@H](Cc1ccccc1)C(=O)NCCCS(=O)(=O)N[C@@H](Cc1ccccc1)C(=O)O. The molecule has 0 heterocycles. The summed E-state index contributed by atoms with van der Waals surface area (Å²) in [6, 6.07) is 16.7. The van der Waals surface area contributed by atoms with Crippen LogP contribution in [0.4, 0.5) is 0 Å². The van der Waals surface area contributed by atoms with Crippen LogP contribution in [0.1, 0.15) is 17.5 Å². The molecule has 2 atom stereocenters. The Kier molecular flexibility index (Phi) is 9.64. The predicted octanol–water partition coefficient (Wildman–Crippen LogP) is 0.939. The van der Waals surface area contributed by atoms with Gasteiger partial charge in [0.1, 0.15) is 6.04 Å². The summed E-state index contributed by atoms with van der Waals surface area (Å²) < 4.78 is 26.9. The lowest BCUT2D eigenvalue weighted by molar-refractivity contribution is -0.138. The number of sulfonamides is 1. The zero-order chi connectivity index (χ0) is 22.7. The molecule has 168 valence electrons. The van der Waals surface area contributed by atoms with Crippen molar-refractivity contribution in [2.75, 3.05) is 19.3 Å². The maximum Gasteiger partial charge on any atom is 0.322 e. The van der Waals surface area contributed by atoms with Gasteiger partial charge in [-0.3, -0.25) is 9.59 Å². The lowest BCUT2D eigenvalue weighted by Gasteiger charge is -2.17. The van der Waals surface area contributed by atoms with Crippen molar-refractivity contribution in [1.29, 1.82) is 0 Å². The average Bonchev–Trinajstić information content (AvgIpc) is 2.75. The van der Waals surface area contributed by atoms with E-state index in [9.17, 15) is 23.1 Å². The van der Waals surface area contributed by atoms with E-state index in [2.05, 4.69) is 15.4 Å². The lowest BCUT2D eigenvalue weighted by Crippen LogP contribution is -2.45. The second kappa shape index (κ2) is 12.2. The summed E-state index contributed by atoms with van der Waals surface area (Å²) in [5.41, 5.74) is 1.74. The van der Waals surface area contributed by atoms with E-state index >= 15 is 0 Å². The zero-order valence-electron chi connectivity index (χ0n) is 17.5. The van der Waals surface area contributed by atoms with E-state index in [1.807, 2.05) is 30.3 Å². The Balaban J connectivity index is 1.80. The Morgan fingerprint density at radius 3 is 1.90 bits per heavy atom. The molecule has 4 N–H and O–H groups in total. The minimum absolute atomic E-state index is 0.0511. The topological polar surface area (TPSA) is 125 Å². The van der Waals surface area contributed by atoms with Gasteiger partial charge in [0, 0.05) is 6.54 Å². The third kappa shape index (κ3) is 8.87. The molecule has 2 aromatic carbocycles. The number of likely N-dealkylation sites (N-methyl/N-ethyl adjacent to an activating group) is 1. The highest BCUT2D eigenvalue weighted by Gasteiger charge is 2.24. The number of benzene rings is 2. The van der Waals surface area contributed by atoms with Crippen LogP contribution < -0.4 is 15.4 Å². The molecule has 0 saturated carbocycles. The Labute approximate surface area is 183 Å². The van der Waals surface area contributed by atoms with Crippen LogP contribution in [-0.2, 0) is 32.5 Å². The van der Waals surface area contributed by atoms with E-state index in [4.69, 9.17) is 0 Å². The van der Waals surface area contributed by atoms with Crippen LogP contribution in [-0.4, -0.2) is 56.8 Å². The average molecular weight is 448 g/mol. The van der Waals surface area contributed by atoms with Gasteiger partial charge in [-0.2, -0.15) is 0 Å². The quantitative estimate of drug-likeness (QED) is 0.339. The van der Waals surface area contributed by atoms with Crippen LogP contribution in [0.3, 0.4) is 0 Å². The van der Waals surface area contributed by atoms with Crippen LogP contribution in [0.25, 0.3) is 0 Å². The van der Waals surface area contributed by atoms with Crippen molar-refractivity contribution < 1.29 is 23.1 Å². The van der Waals surface area contributed by atoms with E-state index in [-0.39, 0.29) is 31.0 Å². The fraction of sp³-hybridized carbons (Fsp3) is 0.364. The summed E-state index contributed by atoms with van der Waals surface area (Å²) in [4.78, 5) is 23.8. The summed E-state index contributed by atoms with van der Waals surface area (Å²) in [5.74, 6) is -1.74. The van der Waals surface area contributed by atoms with Gasteiger partial charge in [0.2, 0.25) is 15.9 Å². The molecule has 0 bridgehead atoms. The van der Waals surface area contributed by atoms with Gasteiger partial charge in [-0.15, -0.1) is 0 Å². The van der Waals surface area contributed by atoms with Crippen LogP contribution in [0.15, 0.2) is 60.7 Å². The molecule has 8 nitrogen and oxygen atoms in total. The third-order valence-electron chi connectivity index (χ3n) is 4.74. The van der Waals surface area contributed by atoms with E-state index in [0.29, 0.717) is 6.42 Å². The van der Waals surface area contributed by atoms with Crippen molar-refractivity contribution in [1.82, 2.24) is 15.4 Å². The predicted molar refractivity (Wildman–Crippen MR) is 119 cm³/mol. The first kappa shape index (κ1) is 24.5. The number of carboxylic acid groups (broad SMARTS) is 1. The number of hydrogen-bond donors (Lipinski definition) is 4. The molecule has 0 aromatic heterocycles. The normalized spacial score (nSPS) is 13.3. The van der Waals surface area contributed by atoms with Gasteiger partial charge in [0.25, 0.3) is 0 Å². The molecule has 31 heavy (non-hydrogen) atoms. The molecule has 0 aliphatic heterocycles. The molecule has 0 aliphatic rings. The highest BCUT2D eigenvalue weighted by Crippen LogP contribution is 2.06. The molecule has 9 heteroatoms. The number of nitrogens with one attached hydrogen (secondary N) is 3. The number of carbonyl (C=O) groups is 2. The second-order valence-corrected chi connectivity index (χ2v) is 9.07. The molecule has 1 amide bonds. The minimum atomic E-state index is -3.82. The zero-order valence-corrected chi connectivity index (χ0v) is 18.3. The summed E-state index contributed by atoms with van der Waals surface area (Å²) in [6.07, 6.45) is 0.735. The fourth-order valence-corrected chi connectivity index (χ4v) is 4.34. The van der Waals surface area contributed by atoms with E-state index in [0.717, 1.165) is 11.1 Å². The second-order valence-electron chi connectivity index (χ2n) is 7.19. The van der Waals surface area contributed by atoms with Gasteiger partial charge < -0.3 is 15.7 Å². The monoisotopic (exact) mass is 447 g/mol. The Morgan fingerprint density at radius 2 is 1.42 bits per heavy atom. The molecule has 0 spiro atoms. The van der Waals surface area contributed by atoms with Crippen molar-refractivity contribution in [3.05, 3.63) is 71.8 Å². The number of amides is 1. The first-order chi connectivity index (χ1) is 14.8. The number of carboxylic acids is 1. The largest absolute Gasteiger partial charge is 0.480 e. The van der Waals surface area contributed by atoms with Gasteiger partial charge >= 0.3 is 5.97 Å². The van der Waals surface area contributed by atoms with E-state index in [1.54, 1.807) is 37.4 Å². The van der Waals surface area contributed by atoms with Crippen molar-refractivity contribution in [2.24, 2.45) is 0 Å². The maximum atomic E-state index is 12.4. The standard InChI is InChI=1S/C22H29N3O5S/c1-23-19(15-17-9-4-2-5-10-17)21(26)24-13-8-14-31(29,30)25-20(22(27)28)16-18-11-6-3-7-12-18/h2-7,9-12,19-20,23,25H,8,13-16H2,1H3,(H,24,26)(H,27,28)/t19-,20-/m0/s1. The first-order valence-electron chi connectivity index (χ1n) is 10.1. The summed E-state index contributed by atoms with van der Waals surface area (Å²) >= 11 is 0. The van der Waals surface area contributed by atoms with Crippen molar-refractivity contribution >= 4 is 21.9 Å². The van der Waals surface area contributed by atoms with Crippen LogP contribution in [0.5, 0.6) is 0 Å². The molecular weight excluding hydrogens is 418 g/mol. The molecule has 2 aromatic rings. The van der Waals surface area contributed by atoms with E-state index in [1.165, 1.54) is 0 Å². The molecule has 2 rings (SSSR count). The molecule has 0 fully saturated rings. The minimum Gasteiger partial charge on any atom is -0.480 e. The van der Waals surface area contributed by atoms with Crippen molar-refractivity contribution in [3.8, 4) is 0 Å². The molecule has 0 radical (unpaired) electrons. The first-order valence-corrected chi connectivity index (χ1v) is 11.7. The number of hydrogen-bond acceptors (Lipinski definition) is 5. The number of aliphatic carboxylic acids is 1. The summed E-state index contributed by atoms with van der Waals surface area (Å²) in [6.45, 7) is 0.170. The fourth-order valence-electron chi connectivity index (χ4n) is 3.08. The third-order valence-corrected chi connectivity index (χ3v) is 6.21. The lowest BCUT2D eigenvalue weighted by atomic mass is 10.1. The van der Waals surface area contributed by atoms with E-state index < -0.39 is 28.1 Å². The van der Waals surface area contributed by atoms with Crippen LogP contribution in [0.2, 0.25) is 0 Å². The maximum absolute atomic E-state index is 12.4. The Bertz CT molecular complexity index is 936. The van der Waals surface area contributed by atoms with Crippen LogP contribution in [0, 0.1) is 0 Å². The number of carbonyl (C=O) groups excluding carboxylic acids is 1. The Hall–Kier alpha value is -2.75. The summed E-state index contributed by atoms with van der Waals surface area (Å²) in [5, 5.41) is 15.1. The van der Waals surface area contributed by atoms with Gasteiger partial charge in [0.15, 0.2) is 0 Å². The van der Waals surface area contributed by atoms with Crippen molar-refractivity contribution in [3.63, 3.8) is 0 Å². The highest BCUT2D eigenvalue weighted by molar-refractivity contribution is 7.89. The van der Waals surface area contributed by atoms with Gasteiger partial charge in [-0.25, -0.2) is 13.1 Å². The Morgan fingerprint density at radius 1 is 0.903 bits per heavy atom. The smallest absolute Gasteiger partial charge is 0.322 e. The number of rotatable bonds is 13. The van der Waals surface area contributed by atoms with Gasteiger partial charge in [-0.1, -0.05) is 60.7 Å². The molecule has 0 unspecified atom stereocenters. The summed E-state index contributed by atoms with van der Waals surface area (Å²) in [7, 11) is -2.12. The van der Waals surface area contributed by atoms with Gasteiger partial charge in [0.05, 0.1) is 11.8 Å².